The molecule has 1 aliphatic heterocycles. The third-order valence-corrected chi connectivity index (χ3v) is 7.82. The smallest absolute Gasteiger partial charge is 0.238 e. The van der Waals surface area contributed by atoms with Crippen molar-refractivity contribution < 1.29 is 13.2 Å². The van der Waals surface area contributed by atoms with Crippen LogP contribution >= 0.6 is 11.8 Å². The maximum absolute atomic E-state index is 12.9. The zero-order valence-corrected chi connectivity index (χ0v) is 20.1. The second kappa shape index (κ2) is 8.06. The van der Waals surface area contributed by atoms with Crippen molar-refractivity contribution in [2.45, 2.75) is 42.8 Å². The van der Waals surface area contributed by atoms with Crippen LogP contribution in [0.25, 0.3) is 11.0 Å². The molecule has 4 rings (SSSR count). The topological polar surface area (TPSA) is 98.3 Å². The number of fused-ring (bicyclic) bond motifs is 2. The van der Waals surface area contributed by atoms with Gasteiger partial charge in [0.2, 0.25) is 10.0 Å². The number of hydrogen-bond donors (Lipinski definition) is 1. The number of sulfonamides is 1. The predicted molar refractivity (Wildman–Crippen MR) is 128 cm³/mol. The van der Waals surface area contributed by atoms with Gasteiger partial charge in [-0.05, 0) is 36.8 Å². The number of allylic oxidation sites excluding steroid dienone is 2. The highest BCUT2D eigenvalue weighted by Crippen LogP contribution is 2.46. The maximum Gasteiger partial charge on any atom is 0.238 e. The number of likely N-dealkylation sites (N-methyl/N-ethyl adjacent to an activating group) is 1. The van der Waals surface area contributed by atoms with Gasteiger partial charge in [-0.15, -0.1) is 0 Å². The number of nitrogens with two attached hydrogens (primary N) is 1. The fraction of sp³-hybridized carbons (Fsp3) is 0.304. The minimum atomic E-state index is -3.81. The van der Waals surface area contributed by atoms with Crippen LogP contribution in [0.2, 0.25) is 0 Å². The second-order valence-corrected chi connectivity index (χ2v) is 10.8. The average molecular weight is 471 g/mol. The summed E-state index contributed by atoms with van der Waals surface area (Å²) in [4.78, 5) is 19.6. The molecule has 2 aromatic carbocycles. The Labute approximate surface area is 192 Å². The highest BCUT2D eigenvalue weighted by atomic mass is 32.2. The van der Waals surface area contributed by atoms with E-state index in [1.165, 1.54) is 29.5 Å². The molecule has 0 aliphatic carbocycles. The molecule has 0 amide bonds. The zero-order chi connectivity index (χ0) is 23.3. The molecule has 7 nitrogen and oxygen atoms in total. The summed E-state index contributed by atoms with van der Waals surface area (Å²) in [6.45, 7) is 6.88. The summed E-state index contributed by atoms with van der Waals surface area (Å²) < 4.78 is 25.3. The average Bonchev–Trinajstić information content (AvgIpc) is 3.19. The van der Waals surface area contributed by atoms with Crippen LogP contribution in [0.5, 0.6) is 0 Å². The molecule has 168 valence electrons. The third-order valence-electron chi connectivity index (χ3n) is 5.91. The first-order valence-corrected chi connectivity index (χ1v) is 12.8. The first-order chi connectivity index (χ1) is 15.0. The van der Waals surface area contributed by atoms with Crippen molar-refractivity contribution >= 4 is 44.3 Å². The summed E-state index contributed by atoms with van der Waals surface area (Å²) in [6, 6.07) is 12.8. The highest BCUT2D eigenvalue weighted by molar-refractivity contribution is 7.99. The van der Waals surface area contributed by atoms with Crippen LogP contribution < -0.4 is 10.0 Å². The van der Waals surface area contributed by atoms with Gasteiger partial charge in [0.1, 0.15) is 0 Å². The van der Waals surface area contributed by atoms with Gasteiger partial charge >= 0.3 is 0 Å². The molecular weight excluding hydrogens is 444 g/mol. The molecule has 0 bridgehead atoms. The Kier molecular flexibility index (Phi) is 5.68. The van der Waals surface area contributed by atoms with E-state index in [0.717, 1.165) is 16.9 Å². The summed E-state index contributed by atoms with van der Waals surface area (Å²) in [5.74, 6) is 0.229. The number of anilines is 1. The Hall–Kier alpha value is -2.62. The lowest BCUT2D eigenvalue weighted by Gasteiger charge is -2.23. The molecule has 0 radical (unpaired) electrons. The lowest BCUT2D eigenvalue weighted by atomic mass is 9.83. The number of ketones is 1. The minimum Gasteiger partial charge on any atom is -0.347 e. The number of carbonyl (C=O) groups excluding carboxylic acids is 1. The third kappa shape index (κ3) is 3.85. The lowest BCUT2D eigenvalue weighted by molar-refractivity contribution is -0.112. The Balaban J connectivity index is 1.58. The molecule has 0 unspecified atom stereocenters. The van der Waals surface area contributed by atoms with Gasteiger partial charge in [-0.2, -0.15) is 0 Å². The van der Waals surface area contributed by atoms with E-state index in [-0.39, 0.29) is 21.8 Å². The van der Waals surface area contributed by atoms with Crippen LogP contribution in [0.15, 0.2) is 64.3 Å². The first kappa shape index (κ1) is 22.6. The number of aryl methyl sites for hydroxylation is 1. The molecule has 0 saturated heterocycles. The number of rotatable bonds is 6. The number of primary sulfonamides is 1. The largest absolute Gasteiger partial charge is 0.347 e. The molecule has 0 fully saturated rings. The maximum atomic E-state index is 12.9. The summed E-state index contributed by atoms with van der Waals surface area (Å²) in [5.41, 5.74) is 4.37. The number of carbonyl (C=O) groups is 1. The summed E-state index contributed by atoms with van der Waals surface area (Å²) in [6.07, 6.45) is 1.73. The van der Waals surface area contributed by atoms with Crippen molar-refractivity contribution in [3.8, 4) is 0 Å². The van der Waals surface area contributed by atoms with Gasteiger partial charge in [0.25, 0.3) is 0 Å². The number of imidazole rings is 1. The van der Waals surface area contributed by atoms with Gasteiger partial charge in [-0.1, -0.05) is 43.8 Å². The second-order valence-electron chi connectivity index (χ2n) is 8.32. The Morgan fingerprint density at radius 3 is 2.59 bits per heavy atom. The standard InChI is InChI=1S/C23H26N4O3S2/c1-5-27-20-11-10-16(32(24,29)30)13-18(20)25-22(27)31-14-15(28)12-21-23(2,3)17-8-6-7-9-19(17)26(21)4/h6-13H,5,14H2,1-4H3,(H2,24,29,30)/b21-12+. The van der Waals surface area contributed by atoms with E-state index in [1.807, 2.05) is 30.7 Å². The van der Waals surface area contributed by atoms with Gasteiger partial charge in [-0.3, -0.25) is 4.79 Å². The Bertz CT molecular complexity index is 1360. The predicted octanol–water partition coefficient (Wildman–Crippen LogP) is 3.68. The fourth-order valence-corrected chi connectivity index (χ4v) is 5.70. The van der Waals surface area contributed by atoms with E-state index in [2.05, 4.69) is 35.9 Å². The number of benzene rings is 2. The van der Waals surface area contributed by atoms with Crippen LogP contribution in [-0.4, -0.2) is 36.6 Å². The van der Waals surface area contributed by atoms with Crippen LogP contribution in [0, 0.1) is 0 Å². The first-order valence-electron chi connectivity index (χ1n) is 10.3. The lowest BCUT2D eigenvalue weighted by Crippen LogP contribution is -2.24. The van der Waals surface area contributed by atoms with E-state index in [0.29, 0.717) is 17.2 Å². The molecule has 9 heteroatoms. The highest BCUT2D eigenvalue weighted by Gasteiger charge is 2.38. The molecule has 32 heavy (non-hydrogen) atoms. The van der Waals surface area contributed by atoms with E-state index < -0.39 is 10.0 Å². The molecule has 0 atom stereocenters. The molecular formula is C23H26N4O3S2. The van der Waals surface area contributed by atoms with Crippen molar-refractivity contribution in [1.82, 2.24) is 9.55 Å². The van der Waals surface area contributed by atoms with Crippen molar-refractivity contribution in [1.29, 1.82) is 0 Å². The van der Waals surface area contributed by atoms with E-state index in [1.54, 1.807) is 12.1 Å². The summed E-state index contributed by atoms with van der Waals surface area (Å²) in [7, 11) is -1.82. The van der Waals surface area contributed by atoms with Crippen molar-refractivity contribution in [3.63, 3.8) is 0 Å². The fourth-order valence-electron chi connectivity index (χ4n) is 4.27. The number of nitrogens with zero attached hydrogens (tertiary/aromatic N) is 3. The Morgan fingerprint density at radius 1 is 1.22 bits per heavy atom. The zero-order valence-electron chi connectivity index (χ0n) is 18.5. The molecule has 1 aliphatic rings. The molecule has 3 aromatic rings. The normalized spacial score (nSPS) is 16.7. The van der Waals surface area contributed by atoms with E-state index >= 15 is 0 Å². The SMILES string of the molecule is CCn1c(SCC(=O)/C=C2/N(C)c3ccccc3C2(C)C)nc2cc(S(N)(=O)=O)ccc21. The molecule has 2 heterocycles. The molecule has 2 N–H and O–H groups in total. The van der Waals surface area contributed by atoms with E-state index in [4.69, 9.17) is 5.14 Å². The molecule has 0 saturated carbocycles. The monoisotopic (exact) mass is 470 g/mol. The van der Waals surface area contributed by atoms with E-state index in [9.17, 15) is 13.2 Å². The number of thioether (sulfide) groups is 1. The van der Waals surface area contributed by atoms with Crippen LogP contribution in [0.4, 0.5) is 5.69 Å². The number of para-hydroxylation sites is 1. The summed E-state index contributed by atoms with van der Waals surface area (Å²) >= 11 is 1.35. The van der Waals surface area contributed by atoms with Crippen LogP contribution in [0.3, 0.4) is 0 Å². The van der Waals surface area contributed by atoms with Gasteiger partial charge in [0, 0.05) is 36.5 Å². The van der Waals surface area contributed by atoms with Crippen LogP contribution in [0.1, 0.15) is 26.3 Å². The minimum absolute atomic E-state index is 0.00216. The molecule has 0 spiro atoms. The van der Waals surface area contributed by atoms with Gasteiger partial charge in [0.05, 0.1) is 21.7 Å². The number of aromatic nitrogens is 2. The van der Waals surface area contributed by atoms with Gasteiger partial charge in [0.15, 0.2) is 10.9 Å². The summed E-state index contributed by atoms with van der Waals surface area (Å²) in [5, 5.41) is 5.91. The Morgan fingerprint density at radius 2 is 1.94 bits per heavy atom. The quantitative estimate of drug-likeness (QED) is 0.436. The van der Waals surface area contributed by atoms with Crippen molar-refractivity contribution in [2.24, 2.45) is 5.14 Å². The van der Waals surface area contributed by atoms with Crippen LogP contribution in [-0.2, 0) is 26.8 Å². The number of hydrogen-bond acceptors (Lipinski definition) is 6. The molecule has 1 aromatic heterocycles. The van der Waals surface area contributed by atoms with Crippen molar-refractivity contribution in [2.75, 3.05) is 17.7 Å². The van der Waals surface area contributed by atoms with Gasteiger partial charge in [-0.25, -0.2) is 18.5 Å². The van der Waals surface area contributed by atoms with Crippen molar-refractivity contribution in [3.05, 3.63) is 59.8 Å². The van der Waals surface area contributed by atoms with Gasteiger partial charge < -0.3 is 9.47 Å².